The number of carbonyl (C=O) groups is 1. The lowest BCUT2D eigenvalue weighted by atomic mass is 10.1. The molecule has 0 aliphatic rings. The molecule has 1 aromatic heterocycles. The van der Waals surface area contributed by atoms with Gasteiger partial charge in [0.2, 0.25) is 5.91 Å². The molecule has 2 aromatic rings. The van der Waals surface area contributed by atoms with Crippen molar-refractivity contribution in [3.05, 3.63) is 41.7 Å². The summed E-state index contributed by atoms with van der Waals surface area (Å²) in [4.78, 5) is 12.1. The van der Waals surface area contributed by atoms with Crippen LogP contribution >= 0.6 is 0 Å². The summed E-state index contributed by atoms with van der Waals surface area (Å²) in [5.74, 6) is -0.157. The van der Waals surface area contributed by atoms with Crippen LogP contribution in [0.5, 0.6) is 0 Å². The van der Waals surface area contributed by atoms with E-state index in [9.17, 15) is 4.79 Å². The van der Waals surface area contributed by atoms with Crippen LogP contribution in [-0.4, -0.2) is 21.7 Å². The fourth-order valence-electron chi connectivity index (χ4n) is 2.30. The van der Waals surface area contributed by atoms with Crippen LogP contribution in [-0.2, 0) is 4.79 Å². The highest BCUT2D eigenvalue weighted by atomic mass is 16.2. The van der Waals surface area contributed by atoms with Gasteiger partial charge in [-0.1, -0.05) is 31.5 Å². The van der Waals surface area contributed by atoms with E-state index in [-0.39, 0.29) is 5.91 Å². The molecule has 5 nitrogen and oxygen atoms in total. The van der Waals surface area contributed by atoms with E-state index < -0.39 is 6.04 Å². The number of aryl methyl sites for hydroxylation is 1. The molecule has 1 heterocycles. The maximum Gasteiger partial charge on any atom is 0.241 e. The highest BCUT2D eigenvalue weighted by Gasteiger charge is 2.18. The van der Waals surface area contributed by atoms with E-state index in [1.807, 2.05) is 55.8 Å². The first-order chi connectivity index (χ1) is 10.0. The van der Waals surface area contributed by atoms with E-state index in [2.05, 4.69) is 10.4 Å². The molecule has 0 aliphatic carbocycles. The molecule has 0 fully saturated rings. The number of para-hydroxylation sites is 1. The minimum absolute atomic E-state index is 0.157. The molecule has 5 heteroatoms. The predicted molar refractivity (Wildman–Crippen MR) is 84.6 cm³/mol. The van der Waals surface area contributed by atoms with Gasteiger partial charge >= 0.3 is 0 Å². The molecule has 0 saturated heterocycles. The van der Waals surface area contributed by atoms with Crippen LogP contribution in [0.4, 0.5) is 5.69 Å². The molecule has 0 radical (unpaired) electrons. The smallest absolute Gasteiger partial charge is 0.241 e. The van der Waals surface area contributed by atoms with Gasteiger partial charge in [0.1, 0.15) is 0 Å². The molecule has 1 aromatic carbocycles. The van der Waals surface area contributed by atoms with Crippen molar-refractivity contribution in [2.24, 2.45) is 5.73 Å². The summed E-state index contributed by atoms with van der Waals surface area (Å²) in [6.45, 7) is 5.83. The van der Waals surface area contributed by atoms with Gasteiger partial charge < -0.3 is 11.1 Å². The number of benzene rings is 1. The van der Waals surface area contributed by atoms with Crippen molar-refractivity contribution in [1.29, 1.82) is 0 Å². The number of hydrogen-bond acceptors (Lipinski definition) is 3. The number of anilines is 1. The van der Waals surface area contributed by atoms with E-state index >= 15 is 0 Å². The number of nitrogens with one attached hydrogen (secondary N) is 1. The summed E-state index contributed by atoms with van der Waals surface area (Å²) in [7, 11) is 0. The summed E-state index contributed by atoms with van der Waals surface area (Å²) < 4.78 is 1.83. The molecule has 3 N–H and O–H groups in total. The van der Waals surface area contributed by atoms with Gasteiger partial charge in [0.05, 0.1) is 28.8 Å². The third kappa shape index (κ3) is 3.31. The van der Waals surface area contributed by atoms with E-state index in [1.165, 1.54) is 0 Å². The monoisotopic (exact) mass is 286 g/mol. The standard InChI is InChI=1S/C16H22N4O/c1-4-8-14(17)16(21)18-15-11(2)19-20(12(15)3)13-9-6-5-7-10-13/h5-7,9-10,14H,4,8,17H2,1-3H3,(H,18,21). The topological polar surface area (TPSA) is 72.9 Å². The zero-order valence-electron chi connectivity index (χ0n) is 12.8. The summed E-state index contributed by atoms with van der Waals surface area (Å²) in [6, 6.07) is 9.36. The van der Waals surface area contributed by atoms with Crippen LogP contribution in [0.25, 0.3) is 5.69 Å². The van der Waals surface area contributed by atoms with Crippen molar-refractivity contribution >= 4 is 11.6 Å². The van der Waals surface area contributed by atoms with Crippen LogP contribution in [0.15, 0.2) is 30.3 Å². The molecule has 0 saturated carbocycles. The molecule has 112 valence electrons. The third-order valence-corrected chi connectivity index (χ3v) is 3.48. The van der Waals surface area contributed by atoms with E-state index in [0.29, 0.717) is 6.42 Å². The van der Waals surface area contributed by atoms with Crippen LogP contribution in [0.1, 0.15) is 31.2 Å². The van der Waals surface area contributed by atoms with Crippen molar-refractivity contribution in [2.45, 2.75) is 39.7 Å². The van der Waals surface area contributed by atoms with Gasteiger partial charge in [0.15, 0.2) is 0 Å². The van der Waals surface area contributed by atoms with Gasteiger partial charge in [0, 0.05) is 0 Å². The fraction of sp³-hybridized carbons (Fsp3) is 0.375. The van der Waals surface area contributed by atoms with Crippen LogP contribution in [0.2, 0.25) is 0 Å². The summed E-state index contributed by atoms with van der Waals surface area (Å²) in [5.41, 5.74) is 9.25. The van der Waals surface area contributed by atoms with Gasteiger partial charge in [0.25, 0.3) is 0 Å². The van der Waals surface area contributed by atoms with Gasteiger partial charge in [-0.3, -0.25) is 4.79 Å². The van der Waals surface area contributed by atoms with Crippen molar-refractivity contribution < 1.29 is 4.79 Å². The average Bonchev–Trinajstić information content (AvgIpc) is 2.76. The Bertz CT molecular complexity index is 619. The lowest BCUT2D eigenvalue weighted by Gasteiger charge is -2.11. The highest BCUT2D eigenvalue weighted by Crippen LogP contribution is 2.22. The van der Waals surface area contributed by atoms with Crippen LogP contribution in [0, 0.1) is 13.8 Å². The maximum atomic E-state index is 12.1. The van der Waals surface area contributed by atoms with Crippen molar-refractivity contribution in [1.82, 2.24) is 9.78 Å². The second-order valence-electron chi connectivity index (χ2n) is 5.18. The number of rotatable bonds is 5. The van der Waals surface area contributed by atoms with E-state index in [4.69, 9.17) is 5.73 Å². The van der Waals surface area contributed by atoms with Crippen molar-refractivity contribution in [2.75, 3.05) is 5.32 Å². The number of amides is 1. The molecular weight excluding hydrogens is 264 g/mol. The Hall–Kier alpha value is -2.14. The molecule has 2 rings (SSSR count). The molecule has 0 spiro atoms. The first kappa shape index (κ1) is 15.3. The second kappa shape index (κ2) is 6.54. The number of nitrogens with zero attached hydrogens (tertiary/aromatic N) is 2. The Morgan fingerprint density at radius 3 is 2.62 bits per heavy atom. The van der Waals surface area contributed by atoms with Gasteiger partial charge in [-0.25, -0.2) is 4.68 Å². The van der Waals surface area contributed by atoms with E-state index in [1.54, 1.807) is 0 Å². The molecule has 0 bridgehead atoms. The molecular formula is C16H22N4O. The second-order valence-corrected chi connectivity index (χ2v) is 5.18. The minimum Gasteiger partial charge on any atom is -0.322 e. The SMILES string of the molecule is CCCC(N)C(=O)Nc1c(C)nn(-c2ccccc2)c1C. The zero-order valence-corrected chi connectivity index (χ0v) is 12.8. The Labute approximate surface area is 125 Å². The lowest BCUT2D eigenvalue weighted by molar-refractivity contribution is -0.117. The fourth-order valence-corrected chi connectivity index (χ4v) is 2.30. The first-order valence-electron chi connectivity index (χ1n) is 7.22. The van der Waals surface area contributed by atoms with E-state index in [0.717, 1.165) is 29.2 Å². The molecule has 1 amide bonds. The summed E-state index contributed by atoms with van der Waals surface area (Å²) in [6.07, 6.45) is 1.56. The highest BCUT2D eigenvalue weighted by molar-refractivity contribution is 5.95. The predicted octanol–water partition coefficient (Wildman–Crippen LogP) is 2.56. The van der Waals surface area contributed by atoms with Crippen LogP contribution < -0.4 is 11.1 Å². The minimum atomic E-state index is -0.478. The van der Waals surface area contributed by atoms with Crippen LogP contribution in [0.3, 0.4) is 0 Å². The molecule has 21 heavy (non-hydrogen) atoms. The number of nitrogens with two attached hydrogens (primary N) is 1. The largest absolute Gasteiger partial charge is 0.322 e. The number of hydrogen-bond donors (Lipinski definition) is 2. The Balaban J connectivity index is 2.26. The quantitative estimate of drug-likeness (QED) is 0.887. The van der Waals surface area contributed by atoms with Crippen molar-refractivity contribution in [3.8, 4) is 5.69 Å². The third-order valence-electron chi connectivity index (χ3n) is 3.48. The molecule has 1 atom stereocenters. The van der Waals surface area contributed by atoms with Gasteiger partial charge in [-0.2, -0.15) is 5.10 Å². The number of aromatic nitrogens is 2. The Morgan fingerprint density at radius 1 is 1.33 bits per heavy atom. The maximum absolute atomic E-state index is 12.1. The number of carbonyl (C=O) groups excluding carboxylic acids is 1. The molecule has 1 unspecified atom stereocenters. The summed E-state index contributed by atoms with van der Waals surface area (Å²) >= 11 is 0. The lowest BCUT2D eigenvalue weighted by Crippen LogP contribution is -2.35. The Morgan fingerprint density at radius 2 is 2.00 bits per heavy atom. The normalized spacial score (nSPS) is 12.2. The van der Waals surface area contributed by atoms with Crippen molar-refractivity contribution in [3.63, 3.8) is 0 Å². The first-order valence-corrected chi connectivity index (χ1v) is 7.22. The Kier molecular flexibility index (Phi) is 4.75. The molecule has 0 aliphatic heterocycles. The zero-order chi connectivity index (χ0) is 15.4. The average molecular weight is 286 g/mol. The van der Waals surface area contributed by atoms with Gasteiger partial charge in [-0.05, 0) is 32.4 Å². The summed E-state index contributed by atoms with van der Waals surface area (Å²) in [5, 5.41) is 7.41. The van der Waals surface area contributed by atoms with Gasteiger partial charge in [-0.15, -0.1) is 0 Å².